The average Bonchev–Trinajstić information content (AvgIpc) is 3.13. The fourth-order valence-electron chi connectivity index (χ4n) is 4.49. The zero-order chi connectivity index (χ0) is 15.9. The summed E-state index contributed by atoms with van der Waals surface area (Å²) in [6.45, 7) is 1.94. The fraction of sp³-hybridized carbons (Fsp3) is 0.526. The molecule has 1 N–H and O–H groups in total. The van der Waals surface area contributed by atoms with E-state index in [1.54, 1.807) is 0 Å². The highest BCUT2D eigenvalue weighted by Gasteiger charge is 2.45. The van der Waals surface area contributed by atoms with Crippen LogP contribution in [0.15, 0.2) is 36.5 Å². The minimum Gasteiger partial charge on any atom is -0.392 e. The van der Waals surface area contributed by atoms with Crippen LogP contribution in [0.25, 0.3) is 10.9 Å². The Hall–Kier alpha value is -1.81. The van der Waals surface area contributed by atoms with Crippen molar-refractivity contribution in [1.29, 1.82) is 0 Å². The summed E-state index contributed by atoms with van der Waals surface area (Å²) in [5, 5.41) is 11.5. The zero-order valence-electron chi connectivity index (χ0n) is 13.4. The fourth-order valence-corrected chi connectivity index (χ4v) is 4.49. The van der Waals surface area contributed by atoms with Gasteiger partial charge in [0.05, 0.1) is 6.10 Å². The quantitative estimate of drug-likeness (QED) is 0.927. The summed E-state index contributed by atoms with van der Waals surface area (Å²) in [7, 11) is 0. The Morgan fingerprint density at radius 2 is 2.04 bits per heavy atom. The molecule has 1 aromatic heterocycles. The first-order valence-electron chi connectivity index (χ1n) is 8.68. The van der Waals surface area contributed by atoms with E-state index < -0.39 is 0 Å². The van der Waals surface area contributed by atoms with Crippen molar-refractivity contribution in [2.75, 3.05) is 13.1 Å². The second-order valence-corrected chi connectivity index (χ2v) is 7.19. The van der Waals surface area contributed by atoms with Gasteiger partial charge in [-0.1, -0.05) is 24.6 Å². The summed E-state index contributed by atoms with van der Waals surface area (Å²) in [6, 6.07) is 10.2. The van der Waals surface area contributed by atoms with Crippen molar-refractivity contribution in [2.45, 2.75) is 44.8 Å². The molecule has 1 amide bonds. The number of likely N-dealkylation sites (tertiary alicyclic amines) is 1. The van der Waals surface area contributed by atoms with Gasteiger partial charge in [-0.05, 0) is 43.2 Å². The molecule has 1 aliphatic carbocycles. The second-order valence-electron chi connectivity index (χ2n) is 7.19. The standard InChI is InChI=1S/C19H24N2O2/c22-17-7-3-9-19(17)10-4-11-21(14-19)18(23)13-20-12-8-15-5-1-2-6-16(15)20/h1-2,5-6,8,12,17,22H,3-4,7,9-11,13-14H2/t17-,19-/m1/s1. The number of carbonyl (C=O) groups is 1. The summed E-state index contributed by atoms with van der Waals surface area (Å²) in [5.41, 5.74) is 1.07. The first kappa shape index (κ1) is 14.8. The van der Waals surface area contributed by atoms with E-state index in [0.29, 0.717) is 6.54 Å². The number of benzene rings is 1. The van der Waals surface area contributed by atoms with E-state index in [-0.39, 0.29) is 17.4 Å². The smallest absolute Gasteiger partial charge is 0.242 e. The molecule has 0 unspecified atom stereocenters. The predicted molar refractivity (Wildman–Crippen MR) is 90.0 cm³/mol. The van der Waals surface area contributed by atoms with Gasteiger partial charge >= 0.3 is 0 Å². The van der Waals surface area contributed by atoms with Crippen molar-refractivity contribution in [3.8, 4) is 0 Å². The molecule has 2 heterocycles. The number of aromatic nitrogens is 1. The number of nitrogens with zero attached hydrogens (tertiary/aromatic N) is 2. The Morgan fingerprint density at radius 1 is 1.22 bits per heavy atom. The van der Waals surface area contributed by atoms with Gasteiger partial charge in [-0.3, -0.25) is 4.79 Å². The third-order valence-electron chi connectivity index (χ3n) is 5.81. The molecular formula is C19H24N2O2. The Kier molecular flexibility index (Phi) is 3.64. The zero-order valence-corrected chi connectivity index (χ0v) is 13.4. The predicted octanol–water partition coefficient (Wildman–Crippen LogP) is 2.79. The Bertz CT molecular complexity index is 723. The van der Waals surface area contributed by atoms with Gasteiger partial charge in [0, 0.05) is 30.2 Å². The molecule has 2 atom stereocenters. The molecule has 122 valence electrons. The maximum atomic E-state index is 12.8. The van der Waals surface area contributed by atoms with Gasteiger partial charge in [0.15, 0.2) is 0 Å². The van der Waals surface area contributed by atoms with Crippen molar-refractivity contribution in [3.05, 3.63) is 36.5 Å². The van der Waals surface area contributed by atoms with Gasteiger partial charge in [0.25, 0.3) is 0 Å². The molecular weight excluding hydrogens is 288 g/mol. The van der Waals surface area contributed by atoms with Gasteiger partial charge in [-0.25, -0.2) is 0 Å². The molecule has 2 aromatic rings. The number of amides is 1. The van der Waals surface area contributed by atoms with Crippen molar-refractivity contribution in [2.24, 2.45) is 5.41 Å². The molecule has 1 saturated heterocycles. The van der Waals surface area contributed by atoms with Crippen LogP contribution in [-0.4, -0.2) is 39.7 Å². The van der Waals surface area contributed by atoms with Crippen LogP contribution in [0.4, 0.5) is 0 Å². The maximum Gasteiger partial charge on any atom is 0.242 e. The highest BCUT2D eigenvalue weighted by molar-refractivity contribution is 5.83. The summed E-state index contributed by atoms with van der Waals surface area (Å²) >= 11 is 0. The van der Waals surface area contributed by atoms with Crippen molar-refractivity contribution in [3.63, 3.8) is 0 Å². The minimum atomic E-state index is -0.231. The average molecular weight is 312 g/mol. The van der Waals surface area contributed by atoms with Crippen LogP contribution in [0.5, 0.6) is 0 Å². The third-order valence-corrected chi connectivity index (χ3v) is 5.81. The number of para-hydroxylation sites is 1. The highest BCUT2D eigenvalue weighted by Crippen LogP contribution is 2.45. The van der Waals surface area contributed by atoms with E-state index in [2.05, 4.69) is 18.2 Å². The Labute approximate surface area is 136 Å². The van der Waals surface area contributed by atoms with E-state index in [1.165, 1.54) is 5.39 Å². The lowest BCUT2D eigenvalue weighted by atomic mass is 9.76. The SMILES string of the molecule is O=C(Cn1ccc2ccccc21)N1CCC[C@]2(CCC[C@H]2O)C1. The number of piperidine rings is 1. The van der Waals surface area contributed by atoms with Crippen LogP contribution < -0.4 is 0 Å². The van der Waals surface area contributed by atoms with Gasteiger partial charge in [0.1, 0.15) is 6.54 Å². The van der Waals surface area contributed by atoms with E-state index >= 15 is 0 Å². The van der Waals surface area contributed by atoms with E-state index in [9.17, 15) is 9.90 Å². The second kappa shape index (κ2) is 5.68. The molecule has 0 bridgehead atoms. The first-order valence-corrected chi connectivity index (χ1v) is 8.68. The molecule has 2 fully saturated rings. The molecule has 1 saturated carbocycles. The number of aliphatic hydroxyl groups is 1. The molecule has 0 radical (unpaired) electrons. The van der Waals surface area contributed by atoms with Gasteiger partial charge in [-0.15, -0.1) is 0 Å². The van der Waals surface area contributed by atoms with Crippen LogP contribution >= 0.6 is 0 Å². The molecule has 4 nitrogen and oxygen atoms in total. The van der Waals surface area contributed by atoms with E-state index in [1.807, 2.05) is 27.8 Å². The van der Waals surface area contributed by atoms with Crippen LogP contribution in [0.1, 0.15) is 32.1 Å². The van der Waals surface area contributed by atoms with E-state index in [0.717, 1.165) is 50.7 Å². The van der Waals surface area contributed by atoms with Gasteiger partial charge < -0.3 is 14.6 Å². The van der Waals surface area contributed by atoms with E-state index in [4.69, 9.17) is 0 Å². The summed E-state index contributed by atoms with van der Waals surface area (Å²) in [5.74, 6) is 0.171. The van der Waals surface area contributed by atoms with Gasteiger partial charge in [0.2, 0.25) is 5.91 Å². The topological polar surface area (TPSA) is 45.5 Å². The number of aliphatic hydroxyl groups excluding tert-OH is 1. The molecule has 4 rings (SSSR count). The number of rotatable bonds is 2. The Morgan fingerprint density at radius 3 is 2.87 bits per heavy atom. The minimum absolute atomic E-state index is 0.0351. The number of hydrogen-bond donors (Lipinski definition) is 1. The largest absolute Gasteiger partial charge is 0.392 e. The lowest BCUT2D eigenvalue weighted by molar-refractivity contribution is -0.137. The van der Waals surface area contributed by atoms with Crippen LogP contribution in [0, 0.1) is 5.41 Å². The summed E-state index contributed by atoms with van der Waals surface area (Å²) in [6.07, 6.45) is 6.87. The maximum absolute atomic E-state index is 12.8. The number of fused-ring (bicyclic) bond motifs is 1. The molecule has 4 heteroatoms. The summed E-state index contributed by atoms with van der Waals surface area (Å²) < 4.78 is 2.03. The van der Waals surface area contributed by atoms with Crippen LogP contribution in [0.3, 0.4) is 0 Å². The molecule has 23 heavy (non-hydrogen) atoms. The van der Waals surface area contributed by atoms with Crippen molar-refractivity contribution >= 4 is 16.8 Å². The normalized spacial score (nSPS) is 27.9. The number of hydrogen-bond acceptors (Lipinski definition) is 2. The number of carbonyl (C=O) groups excluding carboxylic acids is 1. The van der Waals surface area contributed by atoms with Crippen LogP contribution in [-0.2, 0) is 11.3 Å². The monoisotopic (exact) mass is 312 g/mol. The first-order chi connectivity index (χ1) is 11.2. The molecule has 1 aliphatic heterocycles. The Balaban J connectivity index is 1.50. The molecule has 2 aliphatic rings. The summed E-state index contributed by atoms with van der Waals surface area (Å²) in [4.78, 5) is 14.8. The van der Waals surface area contributed by atoms with Crippen LogP contribution in [0.2, 0.25) is 0 Å². The molecule has 1 spiro atoms. The third kappa shape index (κ3) is 2.55. The van der Waals surface area contributed by atoms with Crippen molar-refractivity contribution in [1.82, 2.24) is 9.47 Å². The lowest BCUT2D eigenvalue weighted by Crippen LogP contribution is -2.50. The lowest BCUT2D eigenvalue weighted by Gasteiger charge is -2.42. The molecule has 1 aromatic carbocycles. The van der Waals surface area contributed by atoms with Crippen molar-refractivity contribution < 1.29 is 9.90 Å². The highest BCUT2D eigenvalue weighted by atomic mass is 16.3. The van der Waals surface area contributed by atoms with Gasteiger partial charge in [-0.2, -0.15) is 0 Å².